The molecule has 0 saturated carbocycles. The van der Waals surface area contributed by atoms with Crippen LogP contribution in [0.2, 0.25) is 36.3 Å². The molecule has 6 heteroatoms. The van der Waals surface area contributed by atoms with Gasteiger partial charge in [-0.15, -0.1) is 5.16 Å². The maximum atomic E-state index is 6.45. The monoisotopic (exact) mass is 395 g/mol. The van der Waals surface area contributed by atoms with Crippen LogP contribution in [-0.2, 0) is 4.53 Å². The summed E-state index contributed by atoms with van der Waals surface area (Å²) in [5, 5.41) is 4.52. The van der Waals surface area contributed by atoms with Gasteiger partial charge in [0.15, 0.2) is 5.75 Å². The van der Waals surface area contributed by atoms with E-state index in [0.29, 0.717) is 0 Å². The van der Waals surface area contributed by atoms with Crippen LogP contribution in [0.3, 0.4) is 0 Å². The van der Waals surface area contributed by atoms with Gasteiger partial charge < -0.3 is 13.7 Å². The molecule has 1 aromatic carbocycles. The smallest absolute Gasteiger partial charge is 0.286 e. The molecule has 0 bridgehead atoms. The van der Waals surface area contributed by atoms with Gasteiger partial charge in [-0.1, -0.05) is 41.5 Å². The Bertz CT molecular complexity index is 641. The summed E-state index contributed by atoms with van der Waals surface area (Å²) in [6, 6.07) is 5.88. The summed E-state index contributed by atoms with van der Waals surface area (Å²) in [5.74, 6) is 1.52. The summed E-state index contributed by atoms with van der Waals surface area (Å²) in [7, 11) is -2.18. The summed E-state index contributed by atoms with van der Waals surface area (Å²) in [5.41, 5.74) is 0.943. The van der Waals surface area contributed by atoms with Gasteiger partial charge in [-0.3, -0.25) is 0 Å². The number of hydrogen-bond acceptors (Lipinski definition) is 4. The van der Waals surface area contributed by atoms with E-state index < -0.39 is 16.6 Å². The van der Waals surface area contributed by atoms with Crippen LogP contribution in [0.4, 0.5) is 0 Å². The molecule has 148 valence electrons. The Kier molecular flexibility index (Phi) is 6.80. The lowest BCUT2D eigenvalue weighted by atomic mass is 10.2. The molecule has 1 rings (SSSR count). The van der Waals surface area contributed by atoms with Crippen molar-refractivity contribution in [3.8, 4) is 11.5 Å². The molecule has 0 heterocycles. The lowest BCUT2D eigenvalue weighted by Gasteiger charge is -2.36. The fourth-order valence-corrected chi connectivity index (χ4v) is 3.24. The minimum atomic E-state index is -1.95. The van der Waals surface area contributed by atoms with E-state index in [1.165, 1.54) is 0 Å². The van der Waals surface area contributed by atoms with E-state index >= 15 is 0 Å². The van der Waals surface area contributed by atoms with E-state index in [9.17, 15) is 0 Å². The van der Waals surface area contributed by atoms with Crippen molar-refractivity contribution in [2.24, 2.45) is 5.16 Å². The lowest BCUT2D eigenvalue weighted by Crippen LogP contribution is -2.43. The number of ether oxygens (including phenoxy) is 1. The maximum Gasteiger partial charge on any atom is 0.286 e. The number of oxime groups is 1. The van der Waals surface area contributed by atoms with E-state index in [4.69, 9.17) is 13.7 Å². The normalized spacial score (nSPS) is 13.8. The molecule has 1 aromatic rings. The van der Waals surface area contributed by atoms with Crippen LogP contribution in [-0.4, -0.2) is 30.0 Å². The molecule has 0 atom stereocenters. The second-order valence-corrected chi connectivity index (χ2v) is 19.3. The number of nitrogens with zero attached hydrogens (tertiary/aromatic N) is 1. The Balaban J connectivity index is 3.05. The molecule has 0 aromatic heterocycles. The predicted octanol–water partition coefficient (Wildman–Crippen LogP) is 6.43. The molecule has 0 spiro atoms. The van der Waals surface area contributed by atoms with Crippen molar-refractivity contribution >= 4 is 22.8 Å². The zero-order valence-electron chi connectivity index (χ0n) is 18.5. The summed E-state index contributed by atoms with van der Waals surface area (Å²) < 4.78 is 17.8. The average Bonchev–Trinajstić information content (AvgIpc) is 2.44. The zero-order chi connectivity index (χ0) is 20.4. The van der Waals surface area contributed by atoms with Gasteiger partial charge in [0.05, 0.1) is 13.3 Å². The first-order chi connectivity index (χ1) is 11.6. The molecule has 0 amide bonds. The molecule has 26 heavy (non-hydrogen) atoms. The molecule has 0 fully saturated rings. The Hall–Kier alpha value is -1.28. The van der Waals surface area contributed by atoms with Crippen molar-refractivity contribution in [2.75, 3.05) is 7.11 Å². The lowest BCUT2D eigenvalue weighted by molar-refractivity contribution is 0.310. The van der Waals surface area contributed by atoms with E-state index in [-0.39, 0.29) is 10.1 Å². The van der Waals surface area contributed by atoms with Crippen LogP contribution in [0.5, 0.6) is 11.5 Å². The summed E-state index contributed by atoms with van der Waals surface area (Å²) in [4.78, 5) is 0. The first-order valence-corrected chi connectivity index (χ1v) is 15.0. The van der Waals surface area contributed by atoms with Crippen molar-refractivity contribution < 1.29 is 13.7 Å². The highest BCUT2D eigenvalue weighted by molar-refractivity contribution is 6.75. The van der Waals surface area contributed by atoms with Crippen LogP contribution < -0.4 is 9.16 Å². The minimum Gasteiger partial charge on any atom is -0.541 e. The largest absolute Gasteiger partial charge is 0.541 e. The first kappa shape index (κ1) is 22.8. The summed E-state index contributed by atoms with van der Waals surface area (Å²) in [6.45, 7) is 22.1. The van der Waals surface area contributed by atoms with Gasteiger partial charge >= 0.3 is 0 Å². The van der Waals surface area contributed by atoms with Crippen LogP contribution in [0.25, 0.3) is 0 Å². The summed E-state index contributed by atoms with van der Waals surface area (Å²) >= 11 is 0. The van der Waals surface area contributed by atoms with Crippen molar-refractivity contribution in [3.05, 3.63) is 23.8 Å². The number of methoxy groups -OCH3 is 1. The SMILES string of the molecule is COc1ccc(/C=N/O[Si](C)(C)C(C)(C)C)cc1O[Si](C)(C)C(C)(C)C. The van der Waals surface area contributed by atoms with Crippen LogP contribution in [0, 0.1) is 0 Å². The zero-order valence-corrected chi connectivity index (χ0v) is 20.5. The van der Waals surface area contributed by atoms with Crippen molar-refractivity contribution in [1.29, 1.82) is 0 Å². The fourth-order valence-electron chi connectivity index (χ4n) is 1.64. The molecular formula is C20H37NO3Si2. The van der Waals surface area contributed by atoms with E-state index in [0.717, 1.165) is 17.1 Å². The first-order valence-electron chi connectivity index (χ1n) is 9.19. The highest BCUT2D eigenvalue weighted by Gasteiger charge is 2.40. The van der Waals surface area contributed by atoms with Crippen LogP contribution >= 0.6 is 0 Å². The van der Waals surface area contributed by atoms with Crippen molar-refractivity contribution in [3.63, 3.8) is 0 Å². The van der Waals surface area contributed by atoms with Gasteiger partial charge in [-0.2, -0.15) is 0 Å². The topological polar surface area (TPSA) is 40.0 Å². The molecular weight excluding hydrogens is 358 g/mol. The van der Waals surface area contributed by atoms with E-state index in [1.807, 2.05) is 18.2 Å². The quantitative estimate of drug-likeness (QED) is 0.316. The Morgan fingerprint density at radius 1 is 0.846 bits per heavy atom. The molecule has 0 aliphatic carbocycles. The molecule has 0 radical (unpaired) electrons. The van der Waals surface area contributed by atoms with E-state index in [1.54, 1.807) is 13.3 Å². The standard InChI is InChI=1S/C20H37NO3Si2/c1-19(2,3)25(8,9)23-18-14-16(12-13-17(18)22-7)15-21-24-26(10,11)20(4,5)6/h12-15H,1-11H3/b21-15+. The second-order valence-electron chi connectivity index (χ2n) is 9.86. The van der Waals surface area contributed by atoms with Gasteiger partial charge in [0.2, 0.25) is 0 Å². The second kappa shape index (κ2) is 7.76. The third-order valence-electron chi connectivity index (χ3n) is 5.65. The molecule has 0 aliphatic heterocycles. The Morgan fingerprint density at radius 3 is 1.85 bits per heavy atom. The molecule has 0 saturated heterocycles. The highest BCUT2D eigenvalue weighted by atomic mass is 28.4. The maximum absolute atomic E-state index is 6.45. The summed E-state index contributed by atoms with van der Waals surface area (Å²) in [6.07, 6.45) is 1.76. The van der Waals surface area contributed by atoms with E-state index in [2.05, 4.69) is 72.9 Å². The van der Waals surface area contributed by atoms with Crippen LogP contribution in [0.1, 0.15) is 47.1 Å². The van der Waals surface area contributed by atoms with Gasteiger partial charge in [-0.05, 0) is 60.0 Å². The third-order valence-corrected chi connectivity index (χ3v) is 14.2. The minimum absolute atomic E-state index is 0.119. The molecule has 0 unspecified atom stereocenters. The number of hydrogen-bond donors (Lipinski definition) is 0. The molecule has 0 aliphatic rings. The molecule has 0 N–H and O–H groups in total. The number of benzene rings is 1. The van der Waals surface area contributed by atoms with Gasteiger partial charge in [0, 0.05) is 0 Å². The van der Waals surface area contributed by atoms with Gasteiger partial charge in [0.25, 0.3) is 16.6 Å². The third kappa shape index (κ3) is 5.61. The van der Waals surface area contributed by atoms with Gasteiger partial charge in [0.1, 0.15) is 5.75 Å². The Labute approximate surface area is 162 Å². The fraction of sp³-hybridized carbons (Fsp3) is 0.650. The molecule has 4 nitrogen and oxygen atoms in total. The highest BCUT2D eigenvalue weighted by Crippen LogP contribution is 2.40. The van der Waals surface area contributed by atoms with Crippen molar-refractivity contribution in [1.82, 2.24) is 0 Å². The Morgan fingerprint density at radius 2 is 1.38 bits per heavy atom. The average molecular weight is 396 g/mol. The predicted molar refractivity (Wildman–Crippen MR) is 117 cm³/mol. The van der Waals surface area contributed by atoms with Crippen molar-refractivity contribution in [2.45, 2.75) is 77.8 Å². The van der Waals surface area contributed by atoms with Crippen LogP contribution in [0.15, 0.2) is 23.4 Å². The number of rotatable bonds is 6. The van der Waals surface area contributed by atoms with Gasteiger partial charge in [-0.25, -0.2) is 0 Å².